The zero-order chi connectivity index (χ0) is 17.1. The maximum atomic E-state index is 11.8. The van der Waals surface area contributed by atoms with Gasteiger partial charge in [0.1, 0.15) is 5.70 Å². The highest BCUT2D eigenvalue weighted by atomic mass is 79.9. The largest absolute Gasteiger partial charge is 0.493 e. The molecule has 1 aromatic rings. The van der Waals surface area contributed by atoms with Gasteiger partial charge in [-0.25, -0.2) is 9.59 Å². The Bertz CT molecular complexity index is 715. The molecule has 0 bridgehead atoms. The van der Waals surface area contributed by atoms with Gasteiger partial charge in [-0.3, -0.25) is 9.69 Å². The van der Waals surface area contributed by atoms with Crippen LogP contribution in [0.25, 0.3) is 6.08 Å². The van der Waals surface area contributed by atoms with Gasteiger partial charge in [0.2, 0.25) is 0 Å². The number of methoxy groups -OCH3 is 1. The molecule has 1 fully saturated rings. The maximum absolute atomic E-state index is 11.8. The third-order valence-electron chi connectivity index (χ3n) is 2.98. The van der Waals surface area contributed by atoms with Crippen LogP contribution in [0.15, 0.2) is 22.3 Å². The standard InChI is InChI=1S/C14H13BrN2O6/c1-17-13(20)9(16-14(17)21)4-7-3-8(15)12(10(5-7)22-2)23-6-11(18)19/h3-5H,6H2,1-2H3,(H,16,21)(H,18,19)/b9-4+. The maximum Gasteiger partial charge on any atom is 0.341 e. The lowest BCUT2D eigenvalue weighted by atomic mass is 10.1. The van der Waals surface area contributed by atoms with E-state index in [0.29, 0.717) is 10.0 Å². The molecule has 1 aromatic carbocycles. The monoisotopic (exact) mass is 384 g/mol. The zero-order valence-corrected chi connectivity index (χ0v) is 13.8. The molecule has 1 saturated heterocycles. The first-order chi connectivity index (χ1) is 10.8. The van der Waals surface area contributed by atoms with Crippen molar-refractivity contribution in [3.63, 3.8) is 0 Å². The number of nitrogens with one attached hydrogen (secondary N) is 1. The number of carbonyl (C=O) groups excluding carboxylic acids is 2. The van der Waals surface area contributed by atoms with Crippen molar-refractivity contribution in [2.45, 2.75) is 0 Å². The SMILES string of the molecule is COc1cc(/C=C2/NC(=O)N(C)C2=O)cc(Br)c1OCC(=O)O. The van der Waals surface area contributed by atoms with E-state index in [9.17, 15) is 14.4 Å². The van der Waals surface area contributed by atoms with Crippen LogP contribution in [-0.2, 0) is 9.59 Å². The first kappa shape index (κ1) is 16.8. The van der Waals surface area contributed by atoms with E-state index < -0.39 is 24.5 Å². The van der Waals surface area contributed by atoms with E-state index in [2.05, 4.69) is 21.2 Å². The molecule has 122 valence electrons. The van der Waals surface area contributed by atoms with Gasteiger partial charge in [0.15, 0.2) is 18.1 Å². The van der Waals surface area contributed by atoms with Gasteiger partial charge in [-0.05, 0) is 39.7 Å². The van der Waals surface area contributed by atoms with Crippen LogP contribution in [0, 0.1) is 0 Å². The predicted molar refractivity (Wildman–Crippen MR) is 83.1 cm³/mol. The van der Waals surface area contributed by atoms with E-state index in [4.69, 9.17) is 14.6 Å². The Balaban J connectivity index is 2.35. The molecule has 1 aliphatic rings. The molecular weight excluding hydrogens is 372 g/mol. The number of hydrogen-bond donors (Lipinski definition) is 2. The molecule has 0 saturated carbocycles. The molecule has 2 N–H and O–H groups in total. The first-order valence-corrected chi connectivity index (χ1v) is 7.15. The van der Waals surface area contributed by atoms with Crippen molar-refractivity contribution < 1.29 is 29.0 Å². The molecule has 0 unspecified atom stereocenters. The molecular formula is C14H13BrN2O6. The first-order valence-electron chi connectivity index (χ1n) is 6.36. The second-order valence-electron chi connectivity index (χ2n) is 4.57. The van der Waals surface area contributed by atoms with Crippen LogP contribution < -0.4 is 14.8 Å². The Labute approximate surface area is 139 Å². The fourth-order valence-electron chi connectivity index (χ4n) is 1.89. The van der Waals surface area contributed by atoms with Crippen molar-refractivity contribution in [3.05, 3.63) is 27.9 Å². The highest BCUT2D eigenvalue weighted by Crippen LogP contribution is 2.37. The summed E-state index contributed by atoms with van der Waals surface area (Å²) >= 11 is 3.27. The number of hydrogen-bond acceptors (Lipinski definition) is 5. The highest BCUT2D eigenvalue weighted by Gasteiger charge is 2.30. The van der Waals surface area contributed by atoms with Crippen molar-refractivity contribution in [1.82, 2.24) is 10.2 Å². The van der Waals surface area contributed by atoms with Gasteiger partial charge in [-0.1, -0.05) is 0 Å². The van der Waals surface area contributed by atoms with E-state index in [1.807, 2.05) is 0 Å². The van der Waals surface area contributed by atoms with Crippen molar-refractivity contribution in [2.24, 2.45) is 0 Å². The molecule has 1 heterocycles. The lowest BCUT2D eigenvalue weighted by molar-refractivity contribution is -0.139. The minimum atomic E-state index is -1.12. The number of halogens is 1. The van der Waals surface area contributed by atoms with Gasteiger partial charge >= 0.3 is 12.0 Å². The van der Waals surface area contributed by atoms with Crippen LogP contribution in [0.1, 0.15) is 5.56 Å². The van der Waals surface area contributed by atoms with Crippen molar-refractivity contribution in [1.29, 1.82) is 0 Å². The van der Waals surface area contributed by atoms with Crippen molar-refractivity contribution in [2.75, 3.05) is 20.8 Å². The van der Waals surface area contributed by atoms with E-state index in [1.165, 1.54) is 20.2 Å². The molecule has 2 rings (SSSR count). The second-order valence-corrected chi connectivity index (χ2v) is 5.42. The Morgan fingerprint density at radius 3 is 2.65 bits per heavy atom. The summed E-state index contributed by atoms with van der Waals surface area (Å²) < 4.78 is 10.8. The molecule has 23 heavy (non-hydrogen) atoms. The molecule has 0 aliphatic carbocycles. The van der Waals surface area contributed by atoms with Gasteiger partial charge < -0.3 is 19.9 Å². The predicted octanol–water partition coefficient (Wildman–Crippen LogP) is 1.44. The van der Waals surface area contributed by atoms with Crippen LogP contribution in [0.2, 0.25) is 0 Å². The molecule has 9 heteroatoms. The third-order valence-corrected chi connectivity index (χ3v) is 3.57. The number of carboxylic acid groups (broad SMARTS) is 1. The van der Waals surface area contributed by atoms with Gasteiger partial charge in [0, 0.05) is 7.05 Å². The van der Waals surface area contributed by atoms with E-state index in [-0.39, 0.29) is 17.2 Å². The van der Waals surface area contributed by atoms with E-state index in [1.54, 1.807) is 12.1 Å². The Morgan fingerprint density at radius 1 is 1.43 bits per heavy atom. The molecule has 8 nitrogen and oxygen atoms in total. The second kappa shape index (κ2) is 6.69. The lowest BCUT2D eigenvalue weighted by Crippen LogP contribution is -2.25. The van der Waals surface area contributed by atoms with E-state index >= 15 is 0 Å². The Morgan fingerprint density at radius 2 is 2.13 bits per heavy atom. The van der Waals surface area contributed by atoms with Gasteiger partial charge in [0.05, 0.1) is 11.6 Å². The number of urea groups is 1. The normalized spacial score (nSPS) is 15.8. The number of rotatable bonds is 5. The summed E-state index contributed by atoms with van der Waals surface area (Å²) in [5, 5.41) is 11.1. The molecule has 1 aliphatic heterocycles. The Kier molecular flexibility index (Phi) is 4.89. The zero-order valence-electron chi connectivity index (χ0n) is 12.3. The van der Waals surface area contributed by atoms with Gasteiger partial charge in [0.25, 0.3) is 5.91 Å². The van der Waals surface area contributed by atoms with Crippen LogP contribution in [0.4, 0.5) is 4.79 Å². The van der Waals surface area contributed by atoms with Crippen molar-refractivity contribution in [3.8, 4) is 11.5 Å². The summed E-state index contributed by atoms with van der Waals surface area (Å²) in [6.45, 7) is -0.519. The molecule has 0 aromatic heterocycles. The number of carboxylic acids is 1. The topological polar surface area (TPSA) is 105 Å². The fourth-order valence-corrected chi connectivity index (χ4v) is 2.46. The highest BCUT2D eigenvalue weighted by molar-refractivity contribution is 9.10. The minimum absolute atomic E-state index is 0.130. The molecule has 0 atom stereocenters. The van der Waals surface area contributed by atoms with Gasteiger partial charge in [-0.2, -0.15) is 0 Å². The lowest BCUT2D eigenvalue weighted by Gasteiger charge is -2.12. The molecule has 0 spiro atoms. The summed E-state index contributed by atoms with van der Waals surface area (Å²) in [6, 6.07) is 2.67. The van der Waals surface area contributed by atoms with Crippen LogP contribution >= 0.6 is 15.9 Å². The summed E-state index contributed by atoms with van der Waals surface area (Å²) in [5.41, 5.74) is 0.695. The van der Waals surface area contributed by atoms with Crippen LogP contribution in [0.3, 0.4) is 0 Å². The number of likely N-dealkylation sites (N-methyl/N-ethyl adjacent to an activating group) is 1. The number of nitrogens with zero attached hydrogens (tertiary/aromatic N) is 1. The number of ether oxygens (including phenoxy) is 2. The fraction of sp³-hybridized carbons (Fsp3) is 0.214. The minimum Gasteiger partial charge on any atom is -0.493 e. The van der Waals surface area contributed by atoms with Crippen LogP contribution in [0.5, 0.6) is 11.5 Å². The molecule has 0 radical (unpaired) electrons. The average Bonchev–Trinajstić information content (AvgIpc) is 2.72. The Hall–Kier alpha value is -2.55. The summed E-state index contributed by atoms with van der Waals surface area (Å²) in [5.74, 6) is -1.04. The number of benzene rings is 1. The smallest absolute Gasteiger partial charge is 0.341 e. The van der Waals surface area contributed by atoms with E-state index in [0.717, 1.165) is 4.90 Å². The van der Waals surface area contributed by atoms with Crippen molar-refractivity contribution >= 4 is 39.9 Å². The van der Waals surface area contributed by atoms with Crippen LogP contribution in [-0.4, -0.2) is 48.7 Å². The quantitative estimate of drug-likeness (QED) is 0.587. The van der Waals surface area contributed by atoms with Gasteiger partial charge in [-0.15, -0.1) is 0 Å². The number of imide groups is 1. The summed E-state index contributed by atoms with van der Waals surface area (Å²) in [7, 11) is 2.78. The number of amides is 3. The molecule has 3 amide bonds. The third kappa shape index (κ3) is 3.62. The summed E-state index contributed by atoms with van der Waals surface area (Å²) in [4.78, 5) is 34.8. The number of carbonyl (C=O) groups is 3. The summed E-state index contributed by atoms with van der Waals surface area (Å²) in [6.07, 6.45) is 1.48. The average molecular weight is 385 g/mol. The number of aliphatic carboxylic acids is 1.